The molecule has 0 saturated carbocycles. The van der Waals surface area contributed by atoms with Crippen LogP contribution in [0.2, 0.25) is 0 Å². The Hall–Kier alpha value is -2.50. The Labute approximate surface area is 124 Å². The second-order valence-electron chi connectivity index (χ2n) is 4.08. The van der Waals surface area contributed by atoms with Gasteiger partial charge >= 0.3 is 12.2 Å². The summed E-state index contributed by atoms with van der Waals surface area (Å²) < 4.78 is 10.2. The first-order valence-corrected chi connectivity index (χ1v) is 6.73. The highest BCUT2D eigenvalue weighted by atomic mass is 16.6. The molecule has 0 bridgehead atoms. The molecule has 0 radical (unpaired) electrons. The molecule has 0 fully saturated rings. The number of carbonyl (C=O) groups excluding carboxylic acids is 2. The highest BCUT2D eigenvalue weighted by molar-refractivity contribution is 5.70. The van der Waals surface area contributed by atoms with E-state index in [4.69, 9.17) is 9.47 Å². The number of alkyl carbamates (subject to hydrolysis) is 1. The summed E-state index contributed by atoms with van der Waals surface area (Å²) >= 11 is 0. The quantitative estimate of drug-likeness (QED) is 0.790. The van der Waals surface area contributed by atoms with Crippen molar-refractivity contribution in [2.45, 2.75) is 20.0 Å². The second-order valence-corrected chi connectivity index (χ2v) is 4.08. The molecule has 0 aliphatic heterocycles. The molecule has 6 nitrogen and oxygen atoms in total. The first-order valence-electron chi connectivity index (χ1n) is 6.73. The molecule has 1 atom stereocenters. The van der Waals surface area contributed by atoms with Gasteiger partial charge in [0.2, 0.25) is 0 Å². The third kappa shape index (κ3) is 5.56. The van der Waals surface area contributed by atoms with E-state index in [-0.39, 0.29) is 0 Å². The molecular weight excluding hydrogens is 272 g/mol. The van der Waals surface area contributed by atoms with Crippen LogP contribution >= 0.6 is 0 Å². The standard InChI is InChI=1S/C15H20N2O4/c1-4-13(21-15(19)17-6-3)11-7-9-12(10-8-11)20-14(18)16-5-2/h4,7-10,13H,1,5-6H2,2-3H3,(H,16,18)(H,17,19)/t13-/m0/s1. The first kappa shape index (κ1) is 16.6. The molecule has 0 unspecified atom stereocenters. The lowest BCUT2D eigenvalue weighted by Crippen LogP contribution is -2.26. The van der Waals surface area contributed by atoms with E-state index < -0.39 is 18.3 Å². The third-order valence-corrected chi connectivity index (χ3v) is 2.51. The van der Waals surface area contributed by atoms with Crippen LogP contribution in [-0.2, 0) is 4.74 Å². The Balaban J connectivity index is 2.68. The molecular formula is C15H20N2O4. The topological polar surface area (TPSA) is 76.7 Å². The van der Waals surface area contributed by atoms with Crippen molar-refractivity contribution in [2.24, 2.45) is 0 Å². The number of rotatable bonds is 6. The van der Waals surface area contributed by atoms with Crippen molar-refractivity contribution in [3.8, 4) is 5.75 Å². The van der Waals surface area contributed by atoms with Crippen LogP contribution < -0.4 is 15.4 Å². The number of carbonyl (C=O) groups is 2. The van der Waals surface area contributed by atoms with Crippen molar-refractivity contribution in [2.75, 3.05) is 13.1 Å². The van der Waals surface area contributed by atoms with Crippen molar-refractivity contribution >= 4 is 12.2 Å². The van der Waals surface area contributed by atoms with Gasteiger partial charge in [0, 0.05) is 13.1 Å². The Morgan fingerprint density at radius 3 is 2.24 bits per heavy atom. The lowest BCUT2D eigenvalue weighted by Gasteiger charge is -2.15. The second kappa shape index (κ2) is 8.63. The van der Waals surface area contributed by atoms with Crippen molar-refractivity contribution < 1.29 is 19.1 Å². The zero-order valence-corrected chi connectivity index (χ0v) is 12.2. The molecule has 0 aliphatic carbocycles. The predicted octanol–water partition coefficient (Wildman–Crippen LogP) is 2.77. The molecule has 21 heavy (non-hydrogen) atoms. The van der Waals surface area contributed by atoms with Crippen LogP contribution in [0.4, 0.5) is 9.59 Å². The highest BCUT2D eigenvalue weighted by Crippen LogP contribution is 2.21. The maximum atomic E-state index is 11.4. The summed E-state index contributed by atoms with van der Waals surface area (Å²) in [4.78, 5) is 22.7. The van der Waals surface area contributed by atoms with Crippen LogP contribution in [-0.4, -0.2) is 25.3 Å². The van der Waals surface area contributed by atoms with E-state index in [1.807, 2.05) is 0 Å². The SMILES string of the molecule is C=C[C@H](OC(=O)NCC)c1ccc(OC(=O)NCC)cc1. The van der Waals surface area contributed by atoms with Gasteiger partial charge in [-0.15, -0.1) is 0 Å². The molecule has 0 spiro atoms. The van der Waals surface area contributed by atoms with E-state index in [9.17, 15) is 9.59 Å². The van der Waals surface area contributed by atoms with Gasteiger partial charge in [-0.3, -0.25) is 0 Å². The number of amides is 2. The number of nitrogens with one attached hydrogen (secondary N) is 2. The number of hydrogen-bond donors (Lipinski definition) is 2. The molecule has 0 heterocycles. The van der Waals surface area contributed by atoms with E-state index in [2.05, 4.69) is 17.2 Å². The highest BCUT2D eigenvalue weighted by Gasteiger charge is 2.13. The predicted molar refractivity (Wildman–Crippen MR) is 79.2 cm³/mol. The first-order chi connectivity index (χ1) is 10.1. The Morgan fingerprint density at radius 2 is 1.71 bits per heavy atom. The van der Waals surface area contributed by atoms with Crippen molar-refractivity contribution in [1.29, 1.82) is 0 Å². The molecule has 6 heteroatoms. The normalized spacial score (nSPS) is 11.1. The zero-order chi connectivity index (χ0) is 15.7. The summed E-state index contributed by atoms with van der Waals surface area (Å²) in [5, 5.41) is 5.07. The average Bonchev–Trinajstić information content (AvgIpc) is 2.46. The summed E-state index contributed by atoms with van der Waals surface area (Å²) in [7, 11) is 0. The van der Waals surface area contributed by atoms with E-state index in [0.29, 0.717) is 18.8 Å². The summed E-state index contributed by atoms with van der Waals surface area (Å²) in [5.74, 6) is 0.408. The summed E-state index contributed by atoms with van der Waals surface area (Å²) in [6.45, 7) is 8.24. The van der Waals surface area contributed by atoms with Crippen molar-refractivity contribution in [1.82, 2.24) is 10.6 Å². The number of hydrogen-bond acceptors (Lipinski definition) is 4. The lowest BCUT2D eigenvalue weighted by molar-refractivity contribution is 0.120. The zero-order valence-electron chi connectivity index (χ0n) is 12.2. The maximum Gasteiger partial charge on any atom is 0.412 e. The third-order valence-electron chi connectivity index (χ3n) is 2.51. The molecule has 0 saturated heterocycles. The molecule has 2 N–H and O–H groups in total. The summed E-state index contributed by atoms with van der Waals surface area (Å²) in [6, 6.07) is 6.67. The average molecular weight is 292 g/mol. The fourth-order valence-corrected chi connectivity index (χ4v) is 1.57. The van der Waals surface area contributed by atoms with E-state index in [0.717, 1.165) is 5.56 Å². The smallest absolute Gasteiger partial charge is 0.412 e. The van der Waals surface area contributed by atoms with E-state index >= 15 is 0 Å². The van der Waals surface area contributed by atoms with E-state index in [1.54, 1.807) is 38.1 Å². The number of ether oxygens (including phenoxy) is 2. The molecule has 114 valence electrons. The molecule has 1 aromatic carbocycles. The minimum atomic E-state index is -0.560. The lowest BCUT2D eigenvalue weighted by atomic mass is 10.1. The van der Waals surface area contributed by atoms with Gasteiger partial charge < -0.3 is 20.1 Å². The van der Waals surface area contributed by atoms with Crippen LogP contribution in [0.1, 0.15) is 25.5 Å². The van der Waals surface area contributed by atoms with Crippen molar-refractivity contribution in [3.63, 3.8) is 0 Å². The minimum Gasteiger partial charge on any atom is -0.437 e. The van der Waals surface area contributed by atoms with Crippen LogP contribution in [0.25, 0.3) is 0 Å². The van der Waals surface area contributed by atoms with Gasteiger partial charge in [-0.25, -0.2) is 9.59 Å². The van der Waals surface area contributed by atoms with Crippen LogP contribution in [0.15, 0.2) is 36.9 Å². The fourth-order valence-electron chi connectivity index (χ4n) is 1.57. The molecule has 1 aromatic rings. The summed E-state index contributed by atoms with van der Waals surface area (Å²) in [6.07, 6.45) is -0.0567. The van der Waals surface area contributed by atoms with Gasteiger partial charge in [0.15, 0.2) is 0 Å². The monoisotopic (exact) mass is 292 g/mol. The van der Waals surface area contributed by atoms with Gasteiger partial charge in [-0.1, -0.05) is 18.7 Å². The largest absolute Gasteiger partial charge is 0.437 e. The maximum absolute atomic E-state index is 11.4. The molecule has 0 aliphatic rings. The van der Waals surface area contributed by atoms with Crippen molar-refractivity contribution in [3.05, 3.63) is 42.5 Å². The Kier molecular flexibility index (Phi) is 6.80. The Morgan fingerprint density at radius 1 is 1.14 bits per heavy atom. The van der Waals surface area contributed by atoms with Crippen LogP contribution in [0, 0.1) is 0 Å². The van der Waals surface area contributed by atoms with Crippen LogP contribution in [0.3, 0.4) is 0 Å². The van der Waals surface area contributed by atoms with Gasteiger partial charge in [0.25, 0.3) is 0 Å². The van der Waals surface area contributed by atoms with Gasteiger partial charge in [-0.05, 0) is 37.6 Å². The molecule has 0 aromatic heterocycles. The van der Waals surface area contributed by atoms with Gasteiger partial charge in [0.1, 0.15) is 11.9 Å². The van der Waals surface area contributed by atoms with E-state index in [1.165, 1.54) is 6.08 Å². The number of benzene rings is 1. The van der Waals surface area contributed by atoms with Gasteiger partial charge in [-0.2, -0.15) is 0 Å². The fraction of sp³-hybridized carbons (Fsp3) is 0.333. The minimum absolute atomic E-state index is 0.408. The van der Waals surface area contributed by atoms with Crippen LogP contribution in [0.5, 0.6) is 5.75 Å². The van der Waals surface area contributed by atoms with Gasteiger partial charge in [0.05, 0.1) is 0 Å². The molecule has 1 rings (SSSR count). The Bertz CT molecular complexity index is 485. The molecule has 2 amide bonds. The summed E-state index contributed by atoms with van der Waals surface area (Å²) in [5.41, 5.74) is 0.736.